The van der Waals surface area contributed by atoms with Crippen molar-refractivity contribution in [2.75, 3.05) is 13.1 Å². The molecule has 9 heteroatoms. The molecule has 36 heavy (non-hydrogen) atoms. The number of fused-ring (bicyclic) bond motifs is 3. The standard InChI is InChI=1S/C27H22Cl3FN4O/c28-19-4-6-24-20(14-19)21-16-34(10-1-2-17-3-5-22(29)23(30)12-17)11-8-25(21)35(24)27(36)33-15-18-7-9-32-26(31)13-18/h1-7,9,12-14H,8,10-11,15-16H2,(H,33,36). The Morgan fingerprint density at radius 3 is 2.75 bits per heavy atom. The maximum Gasteiger partial charge on any atom is 0.326 e. The SMILES string of the molecule is O=C(NCc1ccnc(F)c1)n1c2c(c3cc(Cl)ccc31)CN(CC=Cc1ccc(Cl)c(Cl)c1)CC2. The van der Waals surface area contributed by atoms with E-state index in [2.05, 4.69) is 21.3 Å². The van der Waals surface area contributed by atoms with Crippen LogP contribution in [0.2, 0.25) is 15.1 Å². The molecular weight excluding hydrogens is 522 g/mol. The molecular formula is C27H22Cl3FN4O. The van der Waals surface area contributed by atoms with Gasteiger partial charge in [-0.25, -0.2) is 9.78 Å². The highest BCUT2D eigenvalue weighted by molar-refractivity contribution is 6.42. The molecule has 1 aliphatic heterocycles. The van der Waals surface area contributed by atoms with Gasteiger partial charge < -0.3 is 5.32 Å². The van der Waals surface area contributed by atoms with Gasteiger partial charge in [0.1, 0.15) is 0 Å². The lowest BCUT2D eigenvalue weighted by atomic mass is 10.0. The largest absolute Gasteiger partial charge is 0.333 e. The smallest absolute Gasteiger partial charge is 0.326 e. The first-order valence-electron chi connectivity index (χ1n) is 11.4. The van der Waals surface area contributed by atoms with E-state index in [-0.39, 0.29) is 12.6 Å². The molecule has 1 amide bonds. The summed E-state index contributed by atoms with van der Waals surface area (Å²) in [7, 11) is 0. The summed E-state index contributed by atoms with van der Waals surface area (Å²) in [6, 6.07) is 13.8. The fourth-order valence-electron chi connectivity index (χ4n) is 4.54. The molecule has 1 N–H and O–H groups in total. The summed E-state index contributed by atoms with van der Waals surface area (Å²) in [6.45, 7) is 2.43. The van der Waals surface area contributed by atoms with Crippen LogP contribution in [0.4, 0.5) is 9.18 Å². The van der Waals surface area contributed by atoms with Crippen LogP contribution in [0.5, 0.6) is 0 Å². The quantitative estimate of drug-likeness (QED) is 0.277. The number of hydrogen-bond acceptors (Lipinski definition) is 3. The van der Waals surface area contributed by atoms with Crippen molar-refractivity contribution in [2.24, 2.45) is 0 Å². The second-order valence-corrected chi connectivity index (χ2v) is 9.88. The summed E-state index contributed by atoms with van der Waals surface area (Å²) in [4.78, 5) is 19.1. The molecule has 0 atom stereocenters. The van der Waals surface area contributed by atoms with E-state index in [0.717, 1.165) is 40.8 Å². The van der Waals surface area contributed by atoms with Gasteiger partial charge in [0.15, 0.2) is 0 Å². The first kappa shape index (κ1) is 24.8. The van der Waals surface area contributed by atoms with Crippen LogP contribution in [0.3, 0.4) is 0 Å². The number of carbonyl (C=O) groups excluding carboxylic acids is 1. The van der Waals surface area contributed by atoms with Crippen molar-refractivity contribution in [2.45, 2.75) is 19.5 Å². The van der Waals surface area contributed by atoms with Crippen LogP contribution in [-0.4, -0.2) is 33.6 Å². The number of nitrogens with zero attached hydrogens (tertiary/aromatic N) is 3. The summed E-state index contributed by atoms with van der Waals surface area (Å²) in [6.07, 6.45) is 6.21. The van der Waals surface area contributed by atoms with Gasteiger partial charge in [0.05, 0.1) is 15.6 Å². The molecule has 0 spiro atoms. The minimum Gasteiger partial charge on any atom is -0.333 e. The summed E-state index contributed by atoms with van der Waals surface area (Å²) in [5.41, 5.74) is 4.48. The predicted octanol–water partition coefficient (Wildman–Crippen LogP) is 6.97. The van der Waals surface area contributed by atoms with E-state index in [1.807, 2.05) is 30.3 Å². The number of halogens is 4. The zero-order chi connectivity index (χ0) is 25.2. The number of carbonyl (C=O) groups is 1. The van der Waals surface area contributed by atoms with E-state index in [1.54, 1.807) is 22.8 Å². The fraction of sp³-hybridized carbons (Fsp3) is 0.185. The van der Waals surface area contributed by atoms with Crippen LogP contribution in [0.15, 0.2) is 60.8 Å². The third-order valence-corrected chi connectivity index (χ3v) is 7.22. The topological polar surface area (TPSA) is 50.2 Å². The Balaban J connectivity index is 1.36. The molecule has 1 aliphatic rings. The third kappa shape index (κ3) is 5.27. The Bertz CT molecular complexity index is 1480. The van der Waals surface area contributed by atoms with Crippen LogP contribution in [-0.2, 0) is 19.5 Å². The van der Waals surface area contributed by atoms with Gasteiger partial charge in [0, 0.05) is 54.9 Å². The highest BCUT2D eigenvalue weighted by atomic mass is 35.5. The molecule has 0 unspecified atom stereocenters. The second-order valence-electron chi connectivity index (χ2n) is 8.63. The van der Waals surface area contributed by atoms with E-state index >= 15 is 0 Å². The number of aromatic nitrogens is 2. The maximum absolute atomic E-state index is 13.4. The molecule has 2 aromatic carbocycles. The monoisotopic (exact) mass is 542 g/mol. The molecule has 0 bridgehead atoms. The highest BCUT2D eigenvalue weighted by Gasteiger charge is 2.26. The lowest BCUT2D eigenvalue weighted by Gasteiger charge is -2.27. The number of rotatable bonds is 5. The van der Waals surface area contributed by atoms with Crippen LogP contribution < -0.4 is 5.32 Å². The van der Waals surface area contributed by atoms with Gasteiger partial charge in [-0.2, -0.15) is 4.39 Å². The maximum atomic E-state index is 13.4. The Kier molecular flexibility index (Phi) is 7.30. The Morgan fingerprint density at radius 2 is 1.94 bits per heavy atom. The van der Waals surface area contributed by atoms with Gasteiger partial charge in [-0.15, -0.1) is 0 Å². The molecule has 0 fully saturated rings. The Morgan fingerprint density at radius 1 is 1.08 bits per heavy atom. The lowest BCUT2D eigenvalue weighted by Crippen LogP contribution is -2.34. The number of nitrogens with one attached hydrogen (secondary N) is 1. The van der Waals surface area contributed by atoms with E-state index < -0.39 is 5.95 Å². The predicted molar refractivity (Wildman–Crippen MR) is 143 cm³/mol. The van der Waals surface area contributed by atoms with E-state index in [1.165, 1.54) is 12.3 Å². The van der Waals surface area contributed by atoms with E-state index in [4.69, 9.17) is 34.8 Å². The molecule has 0 aliphatic carbocycles. The first-order chi connectivity index (χ1) is 17.4. The first-order valence-corrected chi connectivity index (χ1v) is 12.6. The number of hydrogen-bond donors (Lipinski definition) is 1. The number of pyridine rings is 1. The van der Waals surface area contributed by atoms with Crippen molar-refractivity contribution in [3.8, 4) is 0 Å². The molecule has 4 aromatic rings. The van der Waals surface area contributed by atoms with E-state index in [9.17, 15) is 9.18 Å². The molecule has 0 radical (unpaired) electrons. The van der Waals surface area contributed by atoms with Gasteiger partial charge in [0.2, 0.25) is 5.95 Å². The number of amides is 1. The van der Waals surface area contributed by atoms with Gasteiger partial charge in [-0.1, -0.05) is 53.0 Å². The van der Waals surface area contributed by atoms with Crippen molar-refractivity contribution in [3.63, 3.8) is 0 Å². The molecule has 3 heterocycles. The Hall–Kier alpha value is -2.90. The molecule has 5 rings (SSSR count). The van der Waals surface area contributed by atoms with Crippen molar-refractivity contribution >= 4 is 57.8 Å². The van der Waals surface area contributed by atoms with Crippen molar-refractivity contribution < 1.29 is 9.18 Å². The summed E-state index contributed by atoms with van der Waals surface area (Å²) >= 11 is 18.4. The van der Waals surface area contributed by atoms with Crippen LogP contribution in [0.25, 0.3) is 17.0 Å². The molecule has 0 saturated heterocycles. The normalized spacial score (nSPS) is 13.9. The van der Waals surface area contributed by atoms with Gasteiger partial charge in [-0.05, 0) is 59.2 Å². The van der Waals surface area contributed by atoms with Crippen LogP contribution >= 0.6 is 34.8 Å². The lowest BCUT2D eigenvalue weighted by molar-refractivity contribution is 0.240. The van der Waals surface area contributed by atoms with Gasteiger partial charge >= 0.3 is 6.03 Å². The minimum absolute atomic E-state index is 0.200. The average Bonchev–Trinajstić information content (AvgIpc) is 3.18. The Labute approximate surface area is 223 Å². The van der Waals surface area contributed by atoms with Crippen molar-refractivity contribution in [1.29, 1.82) is 0 Å². The average molecular weight is 544 g/mol. The zero-order valence-electron chi connectivity index (χ0n) is 19.1. The highest BCUT2D eigenvalue weighted by Crippen LogP contribution is 2.33. The summed E-state index contributed by atoms with van der Waals surface area (Å²) in [5.74, 6) is -0.575. The van der Waals surface area contributed by atoms with Crippen molar-refractivity contribution in [3.05, 3.63) is 104 Å². The molecule has 184 valence electrons. The summed E-state index contributed by atoms with van der Waals surface area (Å²) in [5, 5.41) is 5.54. The zero-order valence-corrected chi connectivity index (χ0v) is 21.4. The van der Waals surface area contributed by atoms with E-state index in [0.29, 0.717) is 33.6 Å². The molecule has 2 aromatic heterocycles. The molecule has 0 saturated carbocycles. The third-order valence-electron chi connectivity index (χ3n) is 6.24. The number of benzene rings is 2. The second kappa shape index (κ2) is 10.6. The van der Waals surface area contributed by atoms with Crippen molar-refractivity contribution in [1.82, 2.24) is 19.8 Å². The minimum atomic E-state index is -0.575. The van der Waals surface area contributed by atoms with Crippen LogP contribution in [0, 0.1) is 5.95 Å². The van der Waals surface area contributed by atoms with Crippen LogP contribution in [0.1, 0.15) is 22.4 Å². The van der Waals surface area contributed by atoms with Gasteiger partial charge in [0.25, 0.3) is 0 Å². The summed E-state index contributed by atoms with van der Waals surface area (Å²) < 4.78 is 15.2. The van der Waals surface area contributed by atoms with Gasteiger partial charge in [-0.3, -0.25) is 9.47 Å². The fourth-order valence-corrected chi connectivity index (χ4v) is 5.02. The molecule has 5 nitrogen and oxygen atoms in total.